The van der Waals surface area contributed by atoms with Gasteiger partial charge in [0.05, 0.1) is 6.61 Å². The van der Waals surface area contributed by atoms with E-state index < -0.39 is 5.60 Å². The number of rotatable bonds is 7. The molecule has 168 valence electrons. The van der Waals surface area contributed by atoms with Gasteiger partial charge >= 0.3 is 0 Å². The summed E-state index contributed by atoms with van der Waals surface area (Å²) in [6.07, 6.45) is 1.67. The van der Waals surface area contributed by atoms with Crippen molar-refractivity contribution in [1.29, 1.82) is 0 Å². The molecule has 0 amide bonds. The molecule has 0 saturated carbocycles. The third-order valence-corrected chi connectivity index (χ3v) is 6.52. The molecule has 1 unspecified atom stereocenters. The number of nitrogens with zero attached hydrogens (tertiary/aromatic N) is 1. The molecule has 1 aromatic heterocycles. The van der Waals surface area contributed by atoms with E-state index in [-0.39, 0.29) is 0 Å². The number of pyridine rings is 1. The highest BCUT2D eigenvalue weighted by atomic mass is 32.1. The zero-order chi connectivity index (χ0) is 22.8. The molecule has 0 spiro atoms. The van der Waals surface area contributed by atoms with E-state index in [1.807, 2.05) is 26.0 Å². The summed E-state index contributed by atoms with van der Waals surface area (Å²) in [5, 5.41) is 3.32. The van der Waals surface area contributed by atoms with Crippen LogP contribution in [-0.4, -0.2) is 35.4 Å². The second kappa shape index (κ2) is 9.53. The second-order valence-corrected chi connectivity index (χ2v) is 8.92. The number of nitrogens with one attached hydrogen (secondary N) is 1. The normalized spacial score (nSPS) is 17.6. The van der Waals surface area contributed by atoms with E-state index in [0.717, 1.165) is 58.1 Å². The predicted molar refractivity (Wildman–Crippen MR) is 130 cm³/mol. The number of hydrogen-bond acceptors (Lipinski definition) is 5. The second-order valence-electron chi connectivity index (χ2n) is 8.52. The van der Waals surface area contributed by atoms with Crippen LogP contribution in [0.15, 0.2) is 12.1 Å². The molecule has 5 nitrogen and oxygen atoms in total. The maximum absolute atomic E-state index is 6.59. The number of hydrogen-bond donors (Lipinski definition) is 1. The fraction of sp³-hybridized carbons (Fsp3) is 0.520. The van der Waals surface area contributed by atoms with Crippen LogP contribution in [0.4, 0.5) is 5.82 Å². The Balaban J connectivity index is 1.84. The van der Waals surface area contributed by atoms with Gasteiger partial charge in [-0.2, -0.15) is 0 Å². The SMILES string of the molecule is CCOCCOc1c(C)c(C)c2c(c1C)CCC(C)(C(=S)Nc1cc(C)cc(C)n1)O2. The third kappa shape index (κ3) is 5.01. The van der Waals surface area contributed by atoms with Crippen LogP contribution in [0.1, 0.15) is 53.8 Å². The molecule has 0 saturated heterocycles. The molecular formula is C25H34N2O3S. The number of thiocarbonyl (C=S) groups is 1. The smallest absolute Gasteiger partial charge is 0.156 e. The van der Waals surface area contributed by atoms with E-state index in [1.54, 1.807) is 0 Å². The highest BCUT2D eigenvalue weighted by Gasteiger charge is 2.38. The highest BCUT2D eigenvalue weighted by molar-refractivity contribution is 7.80. The molecule has 0 fully saturated rings. The average molecular weight is 443 g/mol. The summed E-state index contributed by atoms with van der Waals surface area (Å²) in [4.78, 5) is 5.22. The maximum Gasteiger partial charge on any atom is 0.156 e. The van der Waals surface area contributed by atoms with Crippen molar-refractivity contribution < 1.29 is 14.2 Å². The molecule has 1 atom stereocenters. The van der Waals surface area contributed by atoms with E-state index in [9.17, 15) is 0 Å². The number of anilines is 1. The Labute approximate surface area is 191 Å². The van der Waals surface area contributed by atoms with Gasteiger partial charge in [-0.25, -0.2) is 4.98 Å². The van der Waals surface area contributed by atoms with Crippen molar-refractivity contribution >= 4 is 23.0 Å². The zero-order valence-electron chi connectivity index (χ0n) is 19.8. The Hall–Kier alpha value is -2.18. The Morgan fingerprint density at radius 1 is 1.13 bits per heavy atom. The maximum atomic E-state index is 6.59. The summed E-state index contributed by atoms with van der Waals surface area (Å²) < 4.78 is 18.1. The monoisotopic (exact) mass is 442 g/mol. The van der Waals surface area contributed by atoms with Gasteiger partial charge in [0.15, 0.2) is 5.60 Å². The van der Waals surface area contributed by atoms with Gasteiger partial charge in [0, 0.05) is 17.9 Å². The van der Waals surface area contributed by atoms with Crippen LogP contribution >= 0.6 is 12.2 Å². The summed E-state index contributed by atoms with van der Waals surface area (Å²) in [7, 11) is 0. The van der Waals surface area contributed by atoms with E-state index in [0.29, 0.717) is 24.8 Å². The molecule has 2 aromatic rings. The number of aromatic nitrogens is 1. The predicted octanol–water partition coefficient (Wildman–Crippen LogP) is 5.56. The molecule has 1 aliphatic rings. The van der Waals surface area contributed by atoms with Crippen LogP contribution in [0.2, 0.25) is 0 Å². The van der Waals surface area contributed by atoms with Gasteiger partial charge in [0.25, 0.3) is 0 Å². The van der Waals surface area contributed by atoms with Gasteiger partial charge < -0.3 is 19.5 Å². The van der Waals surface area contributed by atoms with Crippen molar-refractivity contribution in [2.24, 2.45) is 0 Å². The van der Waals surface area contributed by atoms with Crippen molar-refractivity contribution in [2.45, 2.75) is 66.9 Å². The van der Waals surface area contributed by atoms with Gasteiger partial charge in [-0.3, -0.25) is 0 Å². The van der Waals surface area contributed by atoms with Gasteiger partial charge in [-0.05, 0) is 95.7 Å². The van der Waals surface area contributed by atoms with Crippen LogP contribution in [0.5, 0.6) is 11.5 Å². The van der Waals surface area contributed by atoms with Gasteiger partial charge in [-0.15, -0.1) is 0 Å². The molecule has 6 heteroatoms. The van der Waals surface area contributed by atoms with Crippen LogP contribution in [0.25, 0.3) is 0 Å². The highest BCUT2D eigenvalue weighted by Crippen LogP contribution is 2.44. The molecule has 1 N–H and O–H groups in total. The fourth-order valence-corrected chi connectivity index (χ4v) is 4.36. The van der Waals surface area contributed by atoms with Crippen LogP contribution in [0.3, 0.4) is 0 Å². The summed E-state index contributed by atoms with van der Waals surface area (Å²) in [5.74, 6) is 2.64. The van der Waals surface area contributed by atoms with Gasteiger partial charge in [0.1, 0.15) is 28.9 Å². The molecule has 1 aliphatic heterocycles. The van der Waals surface area contributed by atoms with E-state index in [2.05, 4.69) is 44.9 Å². The Kier molecular flexibility index (Phi) is 7.22. The first kappa shape index (κ1) is 23.5. The van der Waals surface area contributed by atoms with E-state index >= 15 is 0 Å². The number of aryl methyl sites for hydroxylation is 2. The van der Waals surface area contributed by atoms with Crippen molar-refractivity contribution in [3.05, 3.63) is 45.6 Å². The molecule has 0 radical (unpaired) electrons. The van der Waals surface area contributed by atoms with Crippen molar-refractivity contribution in [3.63, 3.8) is 0 Å². The molecule has 2 heterocycles. The third-order valence-electron chi connectivity index (χ3n) is 5.99. The molecule has 31 heavy (non-hydrogen) atoms. The summed E-state index contributed by atoms with van der Waals surface area (Å²) in [5.41, 5.74) is 6.08. The Bertz CT molecular complexity index is 969. The Morgan fingerprint density at radius 2 is 1.87 bits per heavy atom. The molecule has 0 bridgehead atoms. The van der Waals surface area contributed by atoms with E-state index in [1.165, 1.54) is 5.56 Å². The van der Waals surface area contributed by atoms with Crippen molar-refractivity contribution in [3.8, 4) is 11.5 Å². The van der Waals surface area contributed by atoms with Crippen molar-refractivity contribution in [1.82, 2.24) is 4.98 Å². The zero-order valence-corrected chi connectivity index (χ0v) is 20.6. The topological polar surface area (TPSA) is 52.6 Å². The number of ether oxygens (including phenoxy) is 3. The van der Waals surface area contributed by atoms with E-state index in [4.69, 9.17) is 26.4 Å². The summed E-state index contributed by atoms with van der Waals surface area (Å²) in [6.45, 7) is 16.2. The molecule has 1 aromatic carbocycles. The van der Waals surface area contributed by atoms with Crippen LogP contribution in [-0.2, 0) is 11.2 Å². The lowest BCUT2D eigenvalue weighted by atomic mass is 9.87. The molecule has 0 aliphatic carbocycles. The first-order chi connectivity index (χ1) is 14.7. The Morgan fingerprint density at radius 3 is 2.55 bits per heavy atom. The largest absolute Gasteiger partial charge is 0.491 e. The lowest BCUT2D eigenvalue weighted by Crippen LogP contribution is -2.47. The first-order valence-corrected chi connectivity index (χ1v) is 11.4. The average Bonchev–Trinajstić information content (AvgIpc) is 2.70. The quantitative estimate of drug-likeness (QED) is 0.447. The van der Waals surface area contributed by atoms with Crippen molar-refractivity contribution in [2.75, 3.05) is 25.1 Å². The minimum absolute atomic E-state index is 0.545. The molecular weight excluding hydrogens is 408 g/mol. The summed E-state index contributed by atoms with van der Waals surface area (Å²) in [6, 6.07) is 4.05. The van der Waals surface area contributed by atoms with Gasteiger partial charge in [-0.1, -0.05) is 12.2 Å². The standard InChI is InChI=1S/C25H34N2O3S/c1-8-28-11-12-29-22-17(4)18(5)23-20(19(22)6)9-10-25(7,30-23)24(31)27-21-14-15(2)13-16(3)26-21/h13-14H,8-12H2,1-7H3,(H,26,27,31). The lowest BCUT2D eigenvalue weighted by molar-refractivity contribution is 0.109. The fourth-order valence-electron chi connectivity index (χ4n) is 4.11. The lowest BCUT2D eigenvalue weighted by Gasteiger charge is -2.38. The summed E-state index contributed by atoms with van der Waals surface area (Å²) >= 11 is 5.79. The minimum Gasteiger partial charge on any atom is -0.491 e. The number of fused-ring (bicyclic) bond motifs is 1. The number of benzene rings is 1. The molecule has 3 rings (SSSR count). The minimum atomic E-state index is -0.595. The van der Waals surface area contributed by atoms with Gasteiger partial charge in [0.2, 0.25) is 0 Å². The van der Waals surface area contributed by atoms with Crippen LogP contribution in [0, 0.1) is 34.6 Å². The van der Waals surface area contributed by atoms with Crippen LogP contribution < -0.4 is 14.8 Å². The first-order valence-electron chi connectivity index (χ1n) is 10.9.